The van der Waals surface area contributed by atoms with Crippen molar-refractivity contribution in [2.75, 3.05) is 35.5 Å². The number of methoxy groups -OCH3 is 5. The quantitative estimate of drug-likeness (QED) is 0.378. The Morgan fingerprint density at radius 1 is 0.821 bits per heavy atom. The highest BCUT2D eigenvalue weighted by molar-refractivity contribution is 5.99. The molecule has 3 aromatic carbocycles. The second-order valence-corrected chi connectivity index (χ2v) is 8.95. The molecular formula is C30H32O9. The number of fused-ring (bicyclic) bond motifs is 1. The van der Waals surface area contributed by atoms with E-state index in [1.165, 1.54) is 41.6 Å². The van der Waals surface area contributed by atoms with Crippen LogP contribution in [-0.2, 0) is 21.7 Å². The molecule has 0 heterocycles. The summed E-state index contributed by atoms with van der Waals surface area (Å²) in [6.07, 6.45) is 0. The molecule has 2 unspecified atom stereocenters. The van der Waals surface area contributed by atoms with Crippen LogP contribution >= 0.6 is 0 Å². The lowest BCUT2D eigenvalue weighted by molar-refractivity contribution is -0.142. The number of ether oxygens (including phenoxy) is 6. The van der Waals surface area contributed by atoms with Crippen molar-refractivity contribution in [2.45, 2.75) is 19.1 Å². The molecule has 39 heavy (non-hydrogen) atoms. The molecule has 0 aliphatic heterocycles. The third kappa shape index (κ3) is 4.59. The van der Waals surface area contributed by atoms with Gasteiger partial charge in [-0.3, -0.25) is 0 Å². The molecule has 0 spiro atoms. The molecule has 0 bridgehead atoms. The monoisotopic (exact) mass is 536 g/mol. The minimum Gasteiger partial charge on any atom is -0.507 e. The van der Waals surface area contributed by atoms with Crippen LogP contribution in [-0.4, -0.2) is 51.7 Å². The highest BCUT2D eigenvalue weighted by Crippen LogP contribution is 2.57. The molecule has 4 rings (SSSR count). The van der Waals surface area contributed by atoms with Crippen molar-refractivity contribution in [1.82, 2.24) is 0 Å². The SMILES string of the molecule is COc1ccc(C2(O)c3c(cc(OC)c(OC)c3OC)C(O)=C(C(=O)OCc3ccccc3)C2C)cc1OC. The highest BCUT2D eigenvalue weighted by atomic mass is 16.5. The van der Waals surface area contributed by atoms with Crippen molar-refractivity contribution in [3.8, 4) is 28.7 Å². The summed E-state index contributed by atoms with van der Waals surface area (Å²) < 4.78 is 33.2. The minimum atomic E-state index is -1.91. The van der Waals surface area contributed by atoms with E-state index in [1.807, 2.05) is 30.3 Å². The van der Waals surface area contributed by atoms with Gasteiger partial charge >= 0.3 is 5.97 Å². The molecule has 1 aliphatic carbocycles. The summed E-state index contributed by atoms with van der Waals surface area (Å²) in [6.45, 7) is 1.62. The van der Waals surface area contributed by atoms with Gasteiger partial charge in [-0.05, 0) is 29.3 Å². The van der Waals surface area contributed by atoms with Gasteiger partial charge in [0.2, 0.25) is 5.75 Å². The first-order valence-corrected chi connectivity index (χ1v) is 12.2. The Kier molecular flexibility index (Phi) is 7.92. The molecule has 0 radical (unpaired) electrons. The summed E-state index contributed by atoms with van der Waals surface area (Å²) in [6, 6.07) is 15.6. The van der Waals surface area contributed by atoms with Gasteiger partial charge in [-0.25, -0.2) is 4.79 Å². The van der Waals surface area contributed by atoms with Crippen LogP contribution in [0.25, 0.3) is 5.76 Å². The van der Waals surface area contributed by atoms with Gasteiger partial charge < -0.3 is 38.6 Å². The van der Waals surface area contributed by atoms with Crippen LogP contribution in [0.15, 0.2) is 60.2 Å². The third-order valence-electron chi connectivity index (χ3n) is 7.04. The molecule has 2 atom stereocenters. The van der Waals surface area contributed by atoms with Crippen LogP contribution in [0, 0.1) is 5.92 Å². The number of carbonyl (C=O) groups is 1. The summed E-state index contributed by atoms with van der Waals surface area (Å²) in [5.41, 5.74) is -0.554. The molecule has 0 aromatic heterocycles. The number of benzene rings is 3. The van der Waals surface area contributed by atoms with Crippen LogP contribution in [0.5, 0.6) is 28.7 Å². The summed E-state index contributed by atoms with van der Waals surface area (Å²) in [5.74, 6) is -0.731. The maximum absolute atomic E-state index is 13.5. The number of rotatable bonds is 9. The van der Waals surface area contributed by atoms with Gasteiger partial charge in [0.05, 0.1) is 41.1 Å². The Labute approximate surface area is 227 Å². The van der Waals surface area contributed by atoms with E-state index in [9.17, 15) is 15.0 Å². The van der Waals surface area contributed by atoms with E-state index in [0.29, 0.717) is 17.1 Å². The molecular weight excluding hydrogens is 504 g/mol. The first kappa shape index (κ1) is 27.7. The van der Waals surface area contributed by atoms with E-state index in [4.69, 9.17) is 28.4 Å². The predicted molar refractivity (Wildman–Crippen MR) is 144 cm³/mol. The minimum absolute atomic E-state index is 0.0138. The van der Waals surface area contributed by atoms with E-state index < -0.39 is 17.5 Å². The zero-order valence-corrected chi connectivity index (χ0v) is 22.7. The zero-order valence-electron chi connectivity index (χ0n) is 22.7. The Morgan fingerprint density at radius 3 is 2.05 bits per heavy atom. The summed E-state index contributed by atoms with van der Waals surface area (Å²) in [5, 5.41) is 24.1. The largest absolute Gasteiger partial charge is 0.507 e. The molecule has 1 aliphatic rings. The van der Waals surface area contributed by atoms with Crippen LogP contribution < -0.4 is 23.7 Å². The number of esters is 1. The number of hydrogen-bond acceptors (Lipinski definition) is 9. The van der Waals surface area contributed by atoms with Crippen LogP contribution in [0.1, 0.15) is 29.2 Å². The van der Waals surface area contributed by atoms with Crippen molar-refractivity contribution in [3.63, 3.8) is 0 Å². The molecule has 0 amide bonds. The van der Waals surface area contributed by atoms with E-state index in [0.717, 1.165) is 5.56 Å². The second-order valence-electron chi connectivity index (χ2n) is 8.95. The Balaban J connectivity index is 1.98. The van der Waals surface area contributed by atoms with Gasteiger partial charge in [-0.15, -0.1) is 0 Å². The number of aliphatic hydroxyl groups excluding tert-OH is 1. The average molecular weight is 537 g/mol. The fourth-order valence-electron chi connectivity index (χ4n) is 5.04. The summed E-state index contributed by atoms with van der Waals surface area (Å²) in [4.78, 5) is 13.5. The van der Waals surface area contributed by atoms with Crippen molar-refractivity contribution < 1.29 is 43.4 Å². The molecule has 0 saturated carbocycles. The smallest absolute Gasteiger partial charge is 0.338 e. The van der Waals surface area contributed by atoms with Gasteiger partial charge in [-0.1, -0.05) is 43.3 Å². The van der Waals surface area contributed by atoms with Gasteiger partial charge in [0.15, 0.2) is 23.0 Å². The maximum atomic E-state index is 13.5. The van der Waals surface area contributed by atoms with E-state index >= 15 is 0 Å². The number of aliphatic hydroxyl groups is 2. The normalized spacial score (nSPS) is 18.2. The summed E-state index contributed by atoms with van der Waals surface area (Å²) >= 11 is 0. The molecule has 0 saturated heterocycles. The lowest BCUT2D eigenvalue weighted by atomic mass is 9.67. The first-order chi connectivity index (χ1) is 18.8. The van der Waals surface area contributed by atoms with E-state index in [1.54, 1.807) is 25.1 Å². The molecule has 2 N–H and O–H groups in total. The second kappa shape index (κ2) is 11.2. The van der Waals surface area contributed by atoms with Gasteiger partial charge in [-0.2, -0.15) is 0 Å². The molecule has 9 heteroatoms. The fraction of sp³-hybridized carbons (Fsp3) is 0.300. The lowest BCUT2D eigenvalue weighted by Crippen LogP contribution is -2.42. The van der Waals surface area contributed by atoms with Crippen molar-refractivity contribution in [1.29, 1.82) is 0 Å². The van der Waals surface area contributed by atoms with Crippen LogP contribution in [0.2, 0.25) is 0 Å². The molecule has 206 valence electrons. The highest BCUT2D eigenvalue weighted by Gasteiger charge is 2.51. The Hall–Kier alpha value is -4.37. The standard InChI is InChI=1S/C30H32O9/c1-17-24(29(32)39-16-18-10-8-7-9-11-18)26(31)20-15-23(36-4)27(37-5)28(38-6)25(20)30(17,33)19-12-13-21(34-2)22(14-19)35-3/h7-15,17,31,33H,16H2,1-6H3. The van der Waals surface area contributed by atoms with E-state index in [-0.39, 0.29) is 46.3 Å². The van der Waals surface area contributed by atoms with Crippen molar-refractivity contribution >= 4 is 11.7 Å². The van der Waals surface area contributed by atoms with Crippen molar-refractivity contribution in [3.05, 3.63) is 82.4 Å². The maximum Gasteiger partial charge on any atom is 0.338 e. The zero-order chi connectivity index (χ0) is 28.3. The van der Waals surface area contributed by atoms with E-state index in [2.05, 4.69) is 0 Å². The third-order valence-corrected chi connectivity index (χ3v) is 7.04. The van der Waals surface area contributed by atoms with Crippen LogP contribution in [0.3, 0.4) is 0 Å². The molecule has 9 nitrogen and oxygen atoms in total. The predicted octanol–water partition coefficient (Wildman–Crippen LogP) is 4.63. The van der Waals surface area contributed by atoms with Gasteiger partial charge in [0.25, 0.3) is 0 Å². The fourth-order valence-corrected chi connectivity index (χ4v) is 5.04. The summed E-state index contributed by atoms with van der Waals surface area (Å²) in [7, 11) is 7.28. The Morgan fingerprint density at radius 2 is 1.46 bits per heavy atom. The molecule has 3 aromatic rings. The first-order valence-electron chi connectivity index (χ1n) is 12.2. The lowest BCUT2D eigenvalue weighted by Gasteiger charge is -2.41. The van der Waals surface area contributed by atoms with Crippen molar-refractivity contribution in [2.24, 2.45) is 5.92 Å². The number of carbonyl (C=O) groups excluding carboxylic acids is 1. The molecule has 0 fully saturated rings. The topological polar surface area (TPSA) is 113 Å². The Bertz CT molecular complexity index is 1400. The van der Waals surface area contributed by atoms with Gasteiger partial charge in [0, 0.05) is 17.0 Å². The number of hydrogen-bond donors (Lipinski definition) is 2. The van der Waals surface area contributed by atoms with Crippen LogP contribution in [0.4, 0.5) is 0 Å². The van der Waals surface area contributed by atoms with Gasteiger partial charge in [0.1, 0.15) is 18.0 Å². The average Bonchev–Trinajstić information content (AvgIpc) is 2.97.